The van der Waals surface area contributed by atoms with Crippen LogP contribution < -0.4 is 0 Å². The van der Waals surface area contributed by atoms with Crippen LogP contribution in [0.3, 0.4) is 0 Å². The first-order chi connectivity index (χ1) is 10.2. The lowest BCUT2D eigenvalue weighted by Gasteiger charge is -2.33. The Morgan fingerprint density at radius 3 is 2.27 bits per heavy atom. The molecule has 1 N–H and O–H groups in total. The number of hydrogen-bond acceptors (Lipinski definition) is 4. The van der Waals surface area contributed by atoms with Crippen molar-refractivity contribution in [3.63, 3.8) is 0 Å². The number of nitrogens with zero attached hydrogens (tertiary/aromatic N) is 2. The van der Waals surface area contributed by atoms with Crippen molar-refractivity contribution in [3.05, 3.63) is 28.8 Å². The van der Waals surface area contributed by atoms with Crippen LogP contribution in [-0.2, 0) is 16.6 Å². The molecule has 2 rings (SSSR count). The zero-order valence-corrected chi connectivity index (χ0v) is 14.7. The summed E-state index contributed by atoms with van der Waals surface area (Å²) >= 11 is 0. The molecule has 0 aliphatic carbocycles. The molecule has 1 heterocycles. The number of phenols is 1. The van der Waals surface area contributed by atoms with Gasteiger partial charge in [0.05, 0.1) is 6.26 Å². The van der Waals surface area contributed by atoms with Crippen molar-refractivity contribution < 1.29 is 13.5 Å². The van der Waals surface area contributed by atoms with Gasteiger partial charge in [0.15, 0.2) is 0 Å². The van der Waals surface area contributed by atoms with Crippen molar-refractivity contribution in [2.75, 3.05) is 32.4 Å². The summed E-state index contributed by atoms with van der Waals surface area (Å²) in [5.74, 6) is 0.744. The van der Waals surface area contributed by atoms with Gasteiger partial charge in [0, 0.05) is 38.3 Å². The Hall–Kier alpha value is -1.11. The summed E-state index contributed by atoms with van der Waals surface area (Å²) in [6.07, 6.45) is 1.25. The van der Waals surface area contributed by atoms with Crippen LogP contribution in [0.1, 0.15) is 36.5 Å². The number of aryl methyl sites for hydroxylation is 1. The van der Waals surface area contributed by atoms with E-state index in [0.29, 0.717) is 44.4 Å². The van der Waals surface area contributed by atoms with Crippen LogP contribution >= 0.6 is 0 Å². The molecular weight excluding hydrogens is 300 g/mol. The molecule has 0 bridgehead atoms. The fourth-order valence-corrected chi connectivity index (χ4v) is 3.79. The van der Waals surface area contributed by atoms with E-state index in [4.69, 9.17) is 0 Å². The van der Waals surface area contributed by atoms with Crippen molar-refractivity contribution in [1.82, 2.24) is 9.21 Å². The average molecular weight is 326 g/mol. The maximum Gasteiger partial charge on any atom is 0.211 e. The summed E-state index contributed by atoms with van der Waals surface area (Å²) in [6, 6.07) is 3.91. The molecule has 0 spiro atoms. The van der Waals surface area contributed by atoms with Crippen molar-refractivity contribution in [2.45, 2.75) is 33.2 Å². The third-order valence-electron chi connectivity index (χ3n) is 4.28. The fraction of sp³-hybridized carbons (Fsp3) is 0.625. The Balaban J connectivity index is 2.08. The number of phenolic OH excluding ortho intramolecular Hbond substituents is 1. The predicted octanol–water partition coefficient (Wildman–Crippen LogP) is 1.90. The molecule has 1 aliphatic rings. The van der Waals surface area contributed by atoms with Crippen LogP contribution in [0.2, 0.25) is 0 Å². The maximum atomic E-state index is 11.5. The van der Waals surface area contributed by atoms with Crippen LogP contribution in [0.15, 0.2) is 12.1 Å². The van der Waals surface area contributed by atoms with Gasteiger partial charge in [0.2, 0.25) is 10.0 Å². The minimum Gasteiger partial charge on any atom is -0.508 e. The molecule has 0 unspecified atom stereocenters. The van der Waals surface area contributed by atoms with Gasteiger partial charge in [-0.05, 0) is 30.0 Å². The first-order valence-corrected chi connectivity index (χ1v) is 9.53. The van der Waals surface area contributed by atoms with Gasteiger partial charge in [-0.15, -0.1) is 0 Å². The third-order valence-corrected chi connectivity index (χ3v) is 5.59. The lowest BCUT2D eigenvalue weighted by molar-refractivity contribution is 0.180. The van der Waals surface area contributed by atoms with Crippen molar-refractivity contribution in [1.29, 1.82) is 0 Å². The van der Waals surface area contributed by atoms with Gasteiger partial charge in [-0.3, -0.25) is 4.90 Å². The average Bonchev–Trinajstić information content (AvgIpc) is 2.41. The van der Waals surface area contributed by atoms with Crippen molar-refractivity contribution >= 4 is 10.0 Å². The highest BCUT2D eigenvalue weighted by molar-refractivity contribution is 7.88. The number of aromatic hydroxyl groups is 1. The molecule has 0 radical (unpaired) electrons. The Morgan fingerprint density at radius 2 is 1.77 bits per heavy atom. The molecule has 0 saturated carbocycles. The molecule has 22 heavy (non-hydrogen) atoms. The van der Waals surface area contributed by atoms with Crippen LogP contribution in [-0.4, -0.2) is 55.2 Å². The summed E-state index contributed by atoms with van der Waals surface area (Å²) in [7, 11) is -3.10. The lowest BCUT2D eigenvalue weighted by Crippen LogP contribution is -2.47. The molecule has 1 aliphatic heterocycles. The molecule has 0 amide bonds. The second kappa shape index (κ2) is 6.56. The standard InChI is InChI=1S/C16H26N2O3S/c1-12(2)15-10-14(16(19)9-13(15)3)11-17-5-7-18(8-6-17)22(4,20)21/h9-10,12,19H,5-8,11H2,1-4H3. The Labute approximate surface area is 133 Å². The summed E-state index contributed by atoms with van der Waals surface area (Å²) in [5, 5.41) is 10.2. The lowest BCUT2D eigenvalue weighted by atomic mass is 9.95. The zero-order chi connectivity index (χ0) is 16.5. The summed E-state index contributed by atoms with van der Waals surface area (Å²) in [5.41, 5.74) is 3.28. The molecule has 0 aromatic heterocycles. The Kier molecular flexibility index (Phi) is 5.14. The first-order valence-electron chi connectivity index (χ1n) is 7.68. The fourth-order valence-electron chi connectivity index (χ4n) is 2.97. The SMILES string of the molecule is Cc1cc(O)c(CN2CCN(S(C)(=O)=O)CC2)cc1C(C)C. The van der Waals surface area contributed by atoms with Crippen LogP contribution in [0.25, 0.3) is 0 Å². The maximum absolute atomic E-state index is 11.5. The number of hydrogen-bond donors (Lipinski definition) is 1. The second-order valence-electron chi connectivity index (χ2n) is 6.43. The van der Waals surface area contributed by atoms with E-state index >= 15 is 0 Å². The van der Waals surface area contributed by atoms with Gasteiger partial charge >= 0.3 is 0 Å². The highest BCUT2D eigenvalue weighted by atomic mass is 32.2. The molecule has 0 atom stereocenters. The molecule has 1 fully saturated rings. The minimum absolute atomic E-state index is 0.326. The Morgan fingerprint density at radius 1 is 1.18 bits per heavy atom. The molecule has 1 saturated heterocycles. The van der Waals surface area contributed by atoms with Gasteiger partial charge in [0.1, 0.15) is 5.75 Å². The molecular formula is C16H26N2O3S. The van der Waals surface area contributed by atoms with E-state index in [9.17, 15) is 13.5 Å². The van der Waals surface area contributed by atoms with E-state index in [0.717, 1.165) is 11.1 Å². The number of sulfonamides is 1. The minimum atomic E-state index is -3.10. The highest BCUT2D eigenvalue weighted by Gasteiger charge is 2.24. The van der Waals surface area contributed by atoms with Crippen LogP contribution in [0.5, 0.6) is 5.75 Å². The molecule has 6 heteroatoms. The third kappa shape index (κ3) is 4.00. The van der Waals surface area contributed by atoms with E-state index in [-0.39, 0.29) is 0 Å². The quantitative estimate of drug-likeness (QED) is 0.918. The van der Waals surface area contributed by atoms with E-state index in [1.54, 1.807) is 0 Å². The number of rotatable bonds is 4. The van der Waals surface area contributed by atoms with Crippen molar-refractivity contribution in [3.8, 4) is 5.75 Å². The first kappa shape index (κ1) is 17.2. The van der Waals surface area contributed by atoms with E-state index < -0.39 is 10.0 Å². The summed E-state index contributed by atoms with van der Waals surface area (Å²) in [6.45, 7) is 9.38. The second-order valence-corrected chi connectivity index (χ2v) is 8.41. The van der Waals surface area contributed by atoms with Gasteiger partial charge in [-0.1, -0.05) is 19.9 Å². The van der Waals surface area contributed by atoms with E-state index in [1.807, 2.05) is 13.0 Å². The topological polar surface area (TPSA) is 60.9 Å². The smallest absolute Gasteiger partial charge is 0.211 e. The largest absolute Gasteiger partial charge is 0.508 e. The van der Waals surface area contributed by atoms with E-state index in [1.165, 1.54) is 16.1 Å². The predicted molar refractivity (Wildman–Crippen MR) is 88.6 cm³/mol. The van der Waals surface area contributed by atoms with E-state index in [2.05, 4.69) is 24.8 Å². The number of piperazine rings is 1. The molecule has 1 aromatic rings. The van der Waals surface area contributed by atoms with Gasteiger partial charge < -0.3 is 5.11 Å². The summed E-state index contributed by atoms with van der Waals surface area (Å²) < 4.78 is 24.6. The molecule has 124 valence electrons. The van der Waals surface area contributed by atoms with Crippen LogP contribution in [0.4, 0.5) is 0 Å². The molecule has 1 aromatic carbocycles. The van der Waals surface area contributed by atoms with Gasteiger partial charge in [0.25, 0.3) is 0 Å². The summed E-state index contributed by atoms with van der Waals surface area (Å²) in [4.78, 5) is 2.19. The number of benzene rings is 1. The molecule has 5 nitrogen and oxygen atoms in total. The highest BCUT2D eigenvalue weighted by Crippen LogP contribution is 2.28. The Bertz CT molecular complexity index is 633. The zero-order valence-electron chi connectivity index (χ0n) is 13.8. The van der Waals surface area contributed by atoms with Gasteiger partial charge in [-0.25, -0.2) is 8.42 Å². The van der Waals surface area contributed by atoms with Crippen LogP contribution in [0, 0.1) is 6.92 Å². The normalized spacial score (nSPS) is 18.0. The van der Waals surface area contributed by atoms with Crippen molar-refractivity contribution in [2.24, 2.45) is 0 Å². The monoisotopic (exact) mass is 326 g/mol. The van der Waals surface area contributed by atoms with Gasteiger partial charge in [-0.2, -0.15) is 4.31 Å².